The lowest BCUT2D eigenvalue weighted by Gasteiger charge is -2.15. The van der Waals surface area contributed by atoms with Crippen LogP contribution in [0.2, 0.25) is 0 Å². The van der Waals surface area contributed by atoms with E-state index in [0.717, 1.165) is 11.3 Å². The van der Waals surface area contributed by atoms with Crippen LogP contribution in [0.15, 0.2) is 35.1 Å². The van der Waals surface area contributed by atoms with Crippen molar-refractivity contribution in [1.29, 1.82) is 0 Å². The van der Waals surface area contributed by atoms with Gasteiger partial charge in [0.2, 0.25) is 0 Å². The quantitative estimate of drug-likeness (QED) is 0.480. The number of carbonyl (C=O) groups excluding carboxylic acids is 1. The van der Waals surface area contributed by atoms with E-state index in [-0.39, 0.29) is 5.78 Å². The maximum atomic E-state index is 11.3. The molecule has 1 fully saturated rings. The molecular formula is C12H12N4O. The molecule has 2 rings (SSSR count). The van der Waals surface area contributed by atoms with Crippen LogP contribution in [0.5, 0.6) is 0 Å². The van der Waals surface area contributed by atoms with Gasteiger partial charge in [-0.15, -0.1) is 0 Å². The van der Waals surface area contributed by atoms with E-state index in [9.17, 15) is 4.79 Å². The Morgan fingerprint density at radius 3 is 2.76 bits per heavy atom. The summed E-state index contributed by atoms with van der Waals surface area (Å²) in [5, 5.41) is 6.69. The Morgan fingerprint density at radius 2 is 2.12 bits per heavy atom. The highest BCUT2D eigenvalue weighted by molar-refractivity contribution is 5.83. The van der Waals surface area contributed by atoms with Gasteiger partial charge < -0.3 is 5.32 Å². The average molecular weight is 228 g/mol. The van der Waals surface area contributed by atoms with Gasteiger partial charge in [-0.2, -0.15) is 0 Å². The molecule has 5 heteroatoms. The minimum atomic E-state index is 0.265. The number of benzene rings is 1. The van der Waals surface area contributed by atoms with Crippen LogP contribution in [-0.2, 0) is 4.79 Å². The molecule has 1 aromatic carbocycles. The summed E-state index contributed by atoms with van der Waals surface area (Å²) in [4.78, 5) is 14.0. The van der Waals surface area contributed by atoms with Crippen molar-refractivity contribution in [2.75, 3.05) is 6.54 Å². The maximum Gasteiger partial charge on any atom is 0.140 e. The van der Waals surface area contributed by atoms with Crippen LogP contribution in [-0.4, -0.2) is 12.3 Å². The van der Waals surface area contributed by atoms with Gasteiger partial charge in [0.1, 0.15) is 5.78 Å². The van der Waals surface area contributed by atoms with Crippen molar-refractivity contribution in [2.45, 2.75) is 12.8 Å². The first-order valence-electron chi connectivity index (χ1n) is 5.39. The Morgan fingerprint density at radius 1 is 1.35 bits per heavy atom. The summed E-state index contributed by atoms with van der Waals surface area (Å²) in [6.45, 7) is 0.710. The number of azide groups is 1. The zero-order valence-electron chi connectivity index (χ0n) is 9.26. The fourth-order valence-corrected chi connectivity index (χ4v) is 1.72. The monoisotopic (exact) mass is 228 g/mol. The highest BCUT2D eigenvalue weighted by atomic mass is 16.1. The van der Waals surface area contributed by atoms with Crippen molar-refractivity contribution in [3.05, 3.63) is 46.0 Å². The Kier molecular flexibility index (Phi) is 3.43. The second-order valence-electron chi connectivity index (χ2n) is 3.84. The molecule has 0 aliphatic carbocycles. The number of Topliss-reactive ketones (excluding diaryl/α,β-unsaturated/α-hetero) is 1. The van der Waals surface area contributed by atoms with Crippen molar-refractivity contribution in [3.8, 4) is 0 Å². The van der Waals surface area contributed by atoms with Crippen LogP contribution in [0.1, 0.15) is 18.4 Å². The maximum absolute atomic E-state index is 11.3. The minimum Gasteiger partial charge on any atom is -0.388 e. The molecule has 0 atom stereocenters. The normalized spacial score (nSPS) is 17.4. The number of nitrogens with zero attached hydrogens (tertiary/aromatic N) is 3. The topological polar surface area (TPSA) is 77.9 Å². The van der Waals surface area contributed by atoms with E-state index in [0.29, 0.717) is 25.1 Å². The van der Waals surface area contributed by atoms with Crippen molar-refractivity contribution >= 4 is 17.5 Å². The molecule has 0 unspecified atom stereocenters. The number of nitrogens with one attached hydrogen (secondary N) is 1. The lowest BCUT2D eigenvalue weighted by Crippen LogP contribution is -2.25. The molecule has 0 aromatic heterocycles. The van der Waals surface area contributed by atoms with Crippen LogP contribution in [0.25, 0.3) is 16.5 Å². The average Bonchev–Trinajstić information content (AvgIpc) is 2.32. The van der Waals surface area contributed by atoms with Crippen LogP contribution in [0.4, 0.5) is 5.69 Å². The summed E-state index contributed by atoms with van der Waals surface area (Å²) < 4.78 is 0. The summed E-state index contributed by atoms with van der Waals surface area (Å²) in [7, 11) is 0. The van der Waals surface area contributed by atoms with Gasteiger partial charge in [0.05, 0.1) is 0 Å². The highest BCUT2D eigenvalue weighted by Crippen LogP contribution is 2.16. The van der Waals surface area contributed by atoms with Gasteiger partial charge in [-0.1, -0.05) is 29.4 Å². The number of ketones is 1. The Bertz CT molecular complexity index is 498. The largest absolute Gasteiger partial charge is 0.388 e. The Hall–Kier alpha value is -2.26. The predicted molar refractivity (Wildman–Crippen MR) is 65.5 cm³/mol. The first-order chi connectivity index (χ1) is 8.28. The second kappa shape index (κ2) is 5.18. The molecule has 0 saturated carbocycles. The molecule has 0 radical (unpaired) electrons. The number of hydrogen-bond acceptors (Lipinski definition) is 3. The van der Waals surface area contributed by atoms with Gasteiger partial charge in [0, 0.05) is 35.7 Å². The van der Waals surface area contributed by atoms with E-state index < -0.39 is 0 Å². The summed E-state index contributed by atoms with van der Waals surface area (Å²) >= 11 is 0. The van der Waals surface area contributed by atoms with E-state index in [2.05, 4.69) is 15.3 Å². The number of piperidine rings is 1. The molecular weight excluding hydrogens is 216 g/mol. The lowest BCUT2D eigenvalue weighted by molar-refractivity contribution is -0.119. The number of hydrogen-bond donors (Lipinski definition) is 1. The van der Waals surface area contributed by atoms with E-state index >= 15 is 0 Å². The van der Waals surface area contributed by atoms with Gasteiger partial charge in [-0.3, -0.25) is 4.79 Å². The standard InChI is InChI=1S/C12H12N4O/c13-16-15-10-3-1-9(2-4-10)7-11-8-12(17)5-6-14-11/h1-4,7,14H,5-6,8H2. The first-order valence-corrected chi connectivity index (χ1v) is 5.39. The third-order valence-corrected chi connectivity index (χ3v) is 2.54. The predicted octanol–water partition coefficient (Wildman–Crippen LogP) is 2.92. The zero-order valence-corrected chi connectivity index (χ0v) is 9.26. The molecule has 5 nitrogen and oxygen atoms in total. The summed E-state index contributed by atoms with van der Waals surface area (Å²) in [6.07, 6.45) is 3.02. The SMILES string of the molecule is [N-]=[N+]=Nc1ccc(C=C2CC(=O)CCN2)cc1. The van der Waals surface area contributed by atoms with E-state index in [1.165, 1.54) is 0 Å². The van der Waals surface area contributed by atoms with Crippen LogP contribution >= 0.6 is 0 Å². The number of carbonyl (C=O) groups is 1. The second-order valence-corrected chi connectivity index (χ2v) is 3.84. The summed E-state index contributed by atoms with van der Waals surface area (Å²) in [6, 6.07) is 7.21. The minimum absolute atomic E-state index is 0.265. The van der Waals surface area contributed by atoms with E-state index in [4.69, 9.17) is 5.53 Å². The van der Waals surface area contributed by atoms with Crippen molar-refractivity contribution < 1.29 is 4.79 Å². The molecule has 0 amide bonds. The van der Waals surface area contributed by atoms with E-state index in [1.54, 1.807) is 12.1 Å². The van der Waals surface area contributed by atoms with Gasteiger partial charge in [0.25, 0.3) is 0 Å². The number of allylic oxidation sites excluding steroid dienone is 1. The summed E-state index contributed by atoms with van der Waals surface area (Å²) in [5.74, 6) is 0.265. The molecule has 1 N–H and O–H groups in total. The molecule has 0 bridgehead atoms. The number of rotatable bonds is 2. The van der Waals surface area contributed by atoms with Gasteiger partial charge >= 0.3 is 0 Å². The lowest BCUT2D eigenvalue weighted by atomic mass is 10.1. The smallest absolute Gasteiger partial charge is 0.140 e. The molecule has 1 aromatic rings. The van der Waals surface area contributed by atoms with Crippen LogP contribution in [0, 0.1) is 0 Å². The molecule has 0 spiro atoms. The molecule has 1 aliphatic heterocycles. The Labute approximate surface area is 98.8 Å². The fraction of sp³-hybridized carbons (Fsp3) is 0.250. The van der Waals surface area contributed by atoms with E-state index in [1.807, 2.05) is 18.2 Å². The van der Waals surface area contributed by atoms with Gasteiger partial charge in [0.15, 0.2) is 0 Å². The highest BCUT2D eigenvalue weighted by Gasteiger charge is 2.11. The third kappa shape index (κ3) is 3.09. The molecule has 1 saturated heterocycles. The van der Waals surface area contributed by atoms with Gasteiger partial charge in [-0.05, 0) is 17.2 Å². The molecule has 1 aliphatic rings. The fourth-order valence-electron chi connectivity index (χ4n) is 1.72. The molecule has 86 valence electrons. The summed E-state index contributed by atoms with van der Waals surface area (Å²) in [5.41, 5.74) is 10.8. The van der Waals surface area contributed by atoms with Gasteiger partial charge in [-0.25, -0.2) is 0 Å². The molecule has 17 heavy (non-hydrogen) atoms. The van der Waals surface area contributed by atoms with Crippen LogP contribution < -0.4 is 5.32 Å². The van der Waals surface area contributed by atoms with Crippen LogP contribution in [0.3, 0.4) is 0 Å². The Balaban J connectivity index is 2.14. The zero-order chi connectivity index (χ0) is 12.1. The van der Waals surface area contributed by atoms with Crippen molar-refractivity contribution in [1.82, 2.24) is 5.32 Å². The van der Waals surface area contributed by atoms with Crippen molar-refractivity contribution in [2.24, 2.45) is 5.11 Å². The molecule has 1 heterocycles. The van der Waals surface area contributed by atoms with Crippen molar-refractivity contribution in [3.63, 3.8) is 0 Å². The first kappa shape index (κ1) is 11.2. The third-order valence-electron chi connectivity index (χ3n) is 2.54.